The maximum absolute atomic E-state index is 10.5. The molecule has 0 bridgehead atoms. The summed E-state index contributed by atoms with van der Waals surface area (Å²) in [7, 11) is 2.09. The minimum atomic E-state index is -0.523. The van der Waals surface area contributed by atoms with E-state index in [1.165, 1.54) is 11.1 Å². The number of aliphatic hydroxyl groups excluding tert-OH is 1. The first-order valence-corrected chi connectivity index (χ1v) is 8.12. The van der Waals surface area contributed by atoms with Crippen molar-refractivity contribution in [1.29, 1.82) is 5.26 Å². The number of rotatable bonds is 4. The van der Waals surface area contributed by atoms with Gasteiger partial charge in [-0.3, -0.25) is 0 Å². The number of nitrogens with zero attached hydrogens (tertiary/aromatic N) is 2. The third-order valence-electron chi connectivity index (χ3n) is 4.83. The SMILES string of the molecule is CN(CC(O)c1ccc(C#N)cc1)C1CCc2ccccc2C1. The molecule has 2 unspecified atom stereocenters. The monoisotopic (exact) mass is 306 g/mol. The van der Waals surface area contributed by atoms with E-state index >= 15 is 0 Å². The molecule has 3 rings (SSSR count). The highest BCUT2D eigenvalue weighted by molar-refractivity contribution is 5.33. The number of hydrogen-bond acceptors (Lipinski definition) is 3. The average Bonchev–Trinajstić information content (AvgIpc) is 2.61. The van der Waals surface area contributed by atoms with Crippen molar-refractivity contribution >= 4 is 0 Å². The number of hydrogen-bond donors (Lipinski definition) is 1. The number of aliphatic hydroxyl groups is 1. The Morgan fingerprint density at radius 3 is 2.57 bits per heavy atom. The van der Waals surface area contributed by atoms with Crippen LogP contribution < -0.4 is 0 Å². The van der Waals surface area contributed by atoms with Crippen molar-refractivity contribution in [2.45, 2.75) is 31.4 Å². The molecule has 0 spiro atoms. The van der Waals surface area contributed by atoms with Crippen molar-refractivity contribution in [3.63, 3.8) is 0 Å². The molecule has 3 nitrogen and oxygen atoms in total. The molecule has 1 aliphatic carbocycles. The van der Waals surface area contributed by atoms with Crippen LogP contribution in [0.4, 0.5) is 0 Å². The number of fused-ring (bicyclic) bond motifs is 1. The van der Waals surface area contributed by atoms with Gasteiger partial charge in [0.05, 0.1) is 17.7 Å². The van der Waals surface area contributed by atoms with Crippen LogP contribution in [0.15, 0.2) is 48.5 Å². The number of likely N-dealkylation sites (N-methyl/N-ethyl adjacent to an activating group) is 1. The maximum Gasteiger partial charge on any atom is 0.0991 e. The second-order valence-corrected chi connectivity index (χ2v) is 6.35. The van der Waals surface area contributed by atoms with Gasteiger partial charge < -0.3 is 10.0 Å². The fraction of sp³-hybridized carbons (Fsp3) is 0.350. The van der Waals surface area contributed by atoms with Gasteiger partial charge in [0, 0.05) is 12.6 Å². The summed E-state index contributed by atoms with van der Waals surface area (Å²) in [5.74, 6) is 0. The molecule has 23 heavy (non-hydrogen) atoms. The van der Waals surface area contributed by atoms with E-state index < -0.39 is 6.10 Å². The lowest BCUT2D eigenvalue weighted by Crippen LogP contribution is -2.38. The van der Waals surface area contributed by atoms with Crippen molar-refractivity contribution in [3.05, 3.63) is 70.8 Å². The van der Waals surface area contributed by atoms with Crippen LogP contribution in [0, 0.1) is 11.3 Å². The van der Waals surface area contributed by atoms with Crippen molar-refractivity contribution < 1.29 is 5.11 Å². The number of nitriles is 1. The van der Waals surface area contributed by atoms with E-state index in [0.717, 1.165) is 24.8 Å². The summed E-state index contributed by atoms with van der Waals surface area (Å²) < 4.78 is 0. The van der Waals surface area contributed by atoms with Gasteiger partial charge in [-0.25, -0.2) is 0 Å². The molecule has 2 atom stereocenters. The zero-order valence-electron chi connectivity index (χ0n) is 13.4. The second-order valence-electron chi connectivity index (χ2n) is 6.35. The molecule has 0 fully saturated rings. The average molecular weight is 306 g/mol. The highest BCUT2D eigenvalue weighted by atomic mass is 16.3. The molecule has 2 aromatic carbocycles. The third-order valence-corrected chi connectivity index (χ3v) is 4.83. The van der Waals surface area contributed by atoms with E-state index in [1.54, 1.807) is 12.1 Å². The van der Waals surface area contributed by atoms with E-state index in [1.807, 2.05) is 12.1 Å². The molecule has 0 amide bonds. The lowest BCUT2D eigenvalue weighted by Gasteiger charge is -2.33. The predicted octanol–water partition coefficient (Wildman–Crippen LogP) is 3.08. The zero-order chi connectivity index (χ0) is 16.2. The van der Waals surface area contributed by atoms with E-state index in [-0.39, 0.29) is 0 Å². The van der Waals surface area contributed by atoms with Gasteiger partial charge in [-0.2, -0.15) is 5.26 Å². The molecule has 2 aromatic rings. The minimum absolute atomic E-state index is 0.470. The Hall–Kier alpha value is -2.15. The first-order valence-electron chi connectivity index (χ1n) is 8.12. The summed E-state index contributed by atoms with van der Waals surface area (Å²) in [4.78, 5) is 2.26. The van der Waals surface area contributed by atoms with Crippen molar-refractivity contribution in [1.82, 2.24) is 4.90 Å². The molecule has 0 saturated heterocycles. The fourth-order valence-electron chi connectivity index (χ4n) is 3.36. The number of aryl methyl sites for hydroxylation is 1. The Morgan fingerprint density at radius 2 is 1.87 bits per heavy atom. The quantitative estimate of drug-likeness (QED) is 0.944. The summed E-state index contributed by atoms with van der Waals surface area (Å²) in [6.45, 7) is 0.610. The summed E-state index contributed by atoms with van der Waals surface area (Å²) >= 11 is 0. The molecule has 1 N–H and O–H groups in total. The van der Waals surface area contributed by atoms with E-state index in [4.69, 9.17) is 5.26 Å². The molecule has 118 valence electrons. The first-order chi connectivity index (χ1) is 11.2. The summed E-state index contributed by atoms with van der Waals surface area (Å²) in [6, 6.07) is 18.4. The Balaban J connectivity index is 1.62. The highest BCUT2D eigenvalue weighted by Gasteiger charge is 2.23. The second kappa shape index (κ2) is 6.95. The van der Waals surface area contributed by atoms with Gasteiger partial charge in [0.1, 0.15) is 0 Å². The standard InChI is InChI=1S/C20H22N2O/c1-22(14-20(23)17-8-6-15(13-21)7-9-17)19-11-10-16-4-2-3-5-18(16)12-19/h2-9,19-20,23H,10-12,14H2,1H3. The van der Waals surface area contributed by atoms with Crippen LogP contribution in [0.5, 0.6) is 0 Å². The summed E-state index contributed by atoms with van der Waals surface area (Å²) in [5.41, 5.74) is 4.39. The third kappa shape index (κ3) is 3.61. The minimum Gasteiger partial charge on any atom is -0.387 e. The predicted molar refractivity (Wildman–Crippen MR) is 91.0 cm³/mol. The van der Waals surface area contributed by atoms with Gasteiger partial charge in [-0.1, -0.05) is 36.4 Å². The lowest BCUT2D eigenvalue weighted by molar-refractivity contribution is 0.0994. The molecule has 0 aromatic heterocycles. The maximum atomic E-state index is 10.5. The first kappa shape index (κ1) is 15.7. The van der Waals surface area contributed by atoms with E-state index in [9.17, 15) is 5.11 Å². The van der Waals surface area contributed by atoms with Gasteiger partial charge in [-0.15, -0.1) is 0 Å². The van der Waals surface area contributed by atoms with Crippen LogP contribution in [0.3, 0.4) is 0 Å². The summed E-state index contributed by atoms with van der Waals surface area (Å²) in [6.07, 6.45) is 2.77. The molecule has 3 heteroatoms. The number of benzene rings is 2. The topological polar surface area (TPSA) is 47.3 Å². The van der Waals surface area contributed by atoms with E-state index in [2.05, 4.69) is 42.3 Å². The van der Waals surface area contributed by atoms with Crippen molar-refractivity contribution in [2.24, 2.45) is 0 Å². The van der Waals surface area contributed by atoms with Crippen LogP contribution in [-0.4, -0.2) is 29.6 Å². The van der Waals surface area contributed by atoms with E-state index in [0.29, 0.717) is 18.2 Å². The zero-order valence-corrected chi connectivity index (χ0v) is 13.4. The van der Waals surface area contributed by atoms with Gasteiger partial charge in [-0.05, 0) is 55.1 Å². The smallest absolute Gasteiger partial charge is 0.0991 e. The molecular weight excluding hydrogens is 284 g/mol. The Labute approximate surface area is 137 Å². The van der Waals surface area contributed by atoms with Crippen LogP contribution in [0.2, 0.25) is 0 Å². The van der Waals surface area contributed by atoms with Crippen molar-refractivity contribution in [3.8, 4) is 6.07 Å². The Kier molecular flexibility index (Phi) is 4.76. The van der Waals surface area contributed by atoms with Gasteiger partial charge in [0.25, 0.3) is 0 Å². The highest BCUT2D eigenvalue weighted by Crippen LogP contribution is 2.25. The Morgan fingerprint density at radius 1 is 1.17 bits per heavy atom. The molecule has 0 aliphatic heterocycles. The molecule has 0 saturated carbocycles. The van der Waals surface area contributed by atoms with Gasteiger partial charge >= 0.3 is 0 Å². The van der Waals surface area contributed by atoms with Crippen molar-refractivity contribution in [2.75, 3.05) is 13.6 Å². The summed E-state index contributed by atoms with van der Waals surface area (Å²) in [5, 5.41) is 19.3. The normalized spacial score (nSPS) is 18.3. The largest absolute Gasteiger partial charge is 0.387 e. The molecular formula is C20H22N2O. The lowest BCUT2D eigenvalue weighted by atomic mass is 9.87. The van der Waals surface area contributed by atoms with Gasteiger partial charge in [0.2, 0.25) is 0 Å². The molecule has 1 aliphatic rings. The molecule has 0 radical (unpaired) electrons. The molecule has 0 heterocycles. The van der Waals surface area contributed by atoms with Crippen LogP contribution in [0.1, 0.15) is 34.8 Å². The van der Waals surface area contributed by atoms with Crippen LogP contribution >= 0.6 is 0 Å². The van der Waals surface area contributed by atoms with Crippen LogP contribution in [0.25, 0.3) is 0 Å². The Bertz CT molecular complexity index is 702. The van der Waals surface area contributed by atoms with Gasteiger partial charge in [0.15, 0.2) is 0 Å². The van der Waals surface area contributed by atoms with Crippen LogP contribution in [-0.2, 0) is 12.8 Å². The fourth-order valence-corrected chi connectivity index (χ4v) is 3.36.